The normalized spacial score (nSPS) is 13.7. The lowest BCUT2D eigenvalue weighted by Crippen LogP contribution is -2.38. The van der Waals surface area contributed by atoms with Crippen molar-refractivity contribution in [2.75, 3.05) is 25.0 Å². The number of hydrogen-bond donors (Lipinski definition) is 1. The highest BCUT2D eigenvalue weighted by atomic mass is 32.1. The number of carbonyl (C=O) groups excluding carboxylic acids is 2. The van der Waals surface area contributed by atoms with Gasteiger partial charge in [0.05, 0.1) is 11.9 Å². The summed E-state index contributed by atoms with van der Waals surface area (Å²) in [6.45, 7) is 1.48. The second-order valence-corrected chi connectivity index (χ2v) is 8.15. The molecule has 3 aromatic rings. The second kappa shape index (κ2) is 9.54. The van der Waals surface area contributed by atoms with Crippen LogP contribution in [-0.2, 0) is 4.79 Å². The number of carbonyl (C=O) groups is 2. The molecule has 6 nitrogen and oxygen atoms in total. The number of nitrogens with zero attached hydrogens (tertiary/aromatic N) is 2. The van der Waals surface area contributed by atoms with Gasteiger partial charge >= 0.3 is 0 Å². The molecule has 1 N–H and O–H groups in total. The van der Waals surface area contributed by atoms with E-state index in [2.05, 4.69) is 10.3 Å². The number of ether oxygens (including phenoxy) is 1. The number of amides is 2. The van der Waals surface area contributed by atoms with Crippen LogP contribution < -0.4 is 10.1 Å². The molecule has 0 unspecified atom stereocenters. The molecule has 0 spiro atoms. The summed E-state index contributed by atoms with van der Waals surface area (Å²) in [7, 11) is 0. The lowest BCUT2D eigenvalue weighted by Gasteiger charge is -2.26. The van der Waals surface area contributed by atoms with Gasteiger partial charge in [0.15, 0.2) is 6.61 Å². The van der Waals surface area contributed by atoms with Crippen molar-refractivity contribution in [1.82, 2.24) is 9.88 Å². The summed E-state index contributed by atoms with van der Waals surface area (Å²) in [6.07, 6.45) is 6.45. The van der Waals surface area contributed by atoms with E-state index in [0.29, 0.717) is 16.3 Å². The van der Waals surface area contributed by atoms with Crippen LogP contribution >= 0.6 is 11.3 Å². The summed E-state index contributed by atoms with van der Waals surface area (Å²) in [5, 5.41) is 2.85. The van der Waals surface area contributed by atoms with Crippen LogP contribution in [0.4, 0.5) is 5.69 Å². The minimum atomic E-state index is -0.282. The Labute approximate surface area is 179 Å². The Balaban J connectivity index is 1.54. The first-order valence-electron chi connectivity index (χ1n) is 10.0. The number of nitrogens with one attached hydrogen (secondary N) is 1. The van der Waals surface area contributed by atoms with Crippen LogP contribution in [0.2, 0.25) is 0 Å². The fraction of sp³-hybridized carbons (Fsp3) is 0.261. The van der Waals surface area contributed by atoms with Crippen LogP contribution in [0.25, 0.3) is 10.4 Å². The summed E-state index contributed by atoms with van der Waals surface area (Å²) in [6, 6.07) is 15.2. The highest BCUT2D eigenvalue weighted by Gasteiger charge is 2.22. The second-order valence-electron chi connectivity index (χ2n) is 7.10. The molecule has 7 heteroatoms. The average Bonchev–Trinajstić information content (AvgIpc) is 3.24. The zero-order valence-corrected chi connectivity index (χ0v) is 17.4. The Morgan fingerprint density at radius 1 is 1.07 bits per heavy atom. The molecule has 2 aromatic heterocycles. The van der Waals surface area contributed by atoms with Gasteiger partial charge in [-0.15, -0.1) is 11.3 Å². The number of aromatic nitrogens is 1. The van der Waals surface area contributed by atoms with Crippen LogP contribution in [0.1, 0.15) is 28.9 Å². The molecular formula is C23H23N3O3S. The van der Waals surface area contributed by atoms with Gasteiger partial charge in [0.2, 0.25) is 0 Å². The number of piperidine rings is 1. The molecular weight excluding hydrogens is 398 g/mol. The van der Waals surface area contributed by atoms with E-state index < -0.39 is 0 Å². The van der Waals surface area contributed by atoms with Crippen molar-refractivity contribution in [3.05, 3.63) is 65.8 Å². The van der Waals surface area contributed by atoms with Gasteiger partial charge in [-0.05, 0) is 43.0 Å². The molecule has 0 radical (unpaired) electrons. The molecule has 30 heavy (non-hydrogen) atoms. The highest BCUT2D eigenvalue weighted by Crippen LogP contribution is 2.37. The van der Waals surface area contributed by atoms with E-state index in [0.717, 1.165) is 42.8 Å². The van der Waals surface area contributed by atoms with Crippen LogP contribution in [0.5, 0.6) is 5.75 Å². The monoisotopic (exact) mass is 421 g/mol. The first-order chi connectivity index (χ1) is 14.7. The molecule has 0 bridgehead atoms. The summed E-state index contributed by atoms with van der Waals surface area (Å²) in [5.41, 5.74) is 1.60. The summed E-state index contributed by atoms with van der Waals surface area (Å²) in [4.78, 5) is 32.6. The molecule has 1 aliphatic rings. The van der Waals surface area contributed by atoms with E-state index in [1.807, 2.05) is 41.3 Å². The van der Waals surface area contributed by atoms with Gasteiger partial charge in [0.1, 0.15) is 10.6 Å². The summed E-state index contributed by atoms with van der Waals surface area (Å²) in [5.74, 6) is 0.0991. The van der Waals surface area contributed by atoms with Gasteiger partial charge in [-0.3, -0.25) is 14.6 Å². The molecule has 154 valence electrons. The first kappa shape index (κ1) is 20.1. The van der Waals surface area contributed by atoms with Crippen molar-refractivity contribution >= 4 is 28.8 Å². The van der Waals surface area contributed by atoms with E-state index in [4.69, 9.17) is 4.74 Å². The van der Waals surface area contributed by atoms with Gasteiger partial charge in [0, 0.05) is 24.2 Å². The minimum absolute atomic E-state index is 0.0409. The molecule has 1 fully saturated rings. The van der Waals surface area contributed by atoms with Gasteiger partial charge < -0.3 is 15.0 Å². The number of likely N-dealkylation sites (tertiary alicyclic amines) is 1. The number of hydrogen-bond acceptors (Lipinski definition) is 5. The van der Waals surface area contributed by atoms with Gasteiger partial charge in [-0.1, -0.05) is 30.3 Å². The van der Waals surface area contributed by atoms with Crippen LogP contribution in [0.3, 0.4) is 0 Å². The molecule has 1 aliphatic heterocycles. The summed E-state index contributed by atoms with van der Waals surface area (Å²) < 4.78 is 5.86. The third kappa shape index (κ3) is 4.86. The van der Waals surface area contributed by atoms with Crippen molar-refractivity contribution < 1.29 is 14.3 Å². The molecule has 1 saturated heterocycles. The topological polar surface area (TPSA) is 71.5 Å². The molecule has 0 aliphatic carbocycles. The molecule has 1 aromatic carbocycles. The number of anilines is 1. The molecule has 4 rings (SSSR count). The van der Waals surface area contributed by atoms with Gasteiger partial charge in [-0.2, -0.15) is 0 Å². The standard InChI is InChI=1S/C23H23N3O3S/c27-21(26-12-5-2-6-13-26)16-29-19-14-20(17-8-3-1-4-9-17)30-22(19)23(28)25-18-10-7-11-24-15-18/h1,3-4,7-11,14-15H,2,5-6,12-13,16H2,(H,25,28). The maximum Gasteiger partial charge on any atom is 0.269 e. The SMILES string of the molecule is O=C(Nc1cccnc1)c1sc(-c2ccccc2)cc1OCC(=O)N1CCCCC1. The predicted octanol–water partition coefficient (Wildman–Crippen LogP) is 4.45. The maximum absolute atomic E-state index is 12.9. The Morgan fingerprint density at radius 3 is 2.60 bits per heavy atom. The number of benzene rings is 1. The molecule has 3 heterocycles. The van der Waals surface area contributed by atoms with E-state index in [1.165, 1.54) is 11.3 Å². The zero-order chi connectivity index (χ0) is 20.8. The van der Waals surface area contributed by atoms with E-state index >= 15 is 0 Å². The minimum Gasteiger partial charge on any atom is -0.482 e. The third-order valence-electron chi connectivity index (χ3n) is 4.94. The van der Waals surface area contributed by atoms with Crippen molar-refractivity contribution in [3.8, 4) is 16.2 Å². The Hall–Kier alpha value is -3.19. The van der Waals surface area contributed by atoms with E-state index in [1.54, 1.807) is 24.5 Å². The molecule has 0 saturated carbocycles. The van der Waals surface area contributed by atoms with Gasteiger partial charge in [-0.25, -0.2) is 0 Å². The zero-order valence-electron chi connectivity index (χ0n) is 16.5. The Bertz CT molecular complexity index is 999. The van der Waals surface area contributed by atoms with Crippen molar-refractivity contribution in [1.29, 1.82) is 0 Å². The summed E-state index contributed by atoms with van der Waals surface area (Å²) >= 11 is 1.34. The Kier molecular flexibility index (Phi) is 6.39. The van der Waals surface area contributed by atoms with Crippen LogP contribution in [-0.4, -0.2) is 41.4 Å². The fourth-order valence-electron chi connectivity index (χ4n) is 3.38. The van der Waals surface area contributed by atoms with Crippen molar-refractivity contribution in [2.45, 2.75) is 19.3 Å². The average molecular weight is 422 g/mol. The number of rotatable bonds is 6. The highest BCUT2D eigenvalue weighted by molar-refractivity contribution is 7.17. The van der Waals surface area contributed by atoms with Gasteiger partial charge in [0.25, 0.3) is 11.8 Å². The van der Waals surface area contributed by atoms with Crippen LogP contribution in [0.15, 0.2) is 60.9 Å². The maximum atomic E-state index is 12.9. The predicted molar refractivity (Wildman–Crippen MR) is 118 cm³/mol. The molecule has 0 atom stereocenters. The smallest absolute Gasteiger partial charge is 0.269 e. The molecule has 2 amide bonds. The van der Waals surface area contributed by atoms with E-state index in [-0.39, 0.29) is 18.4 Å². The van der Waals surface area contributed by atoms with Crippen molar-refractivity contribution in [3.63, 3.8) is 0 Å². The van der Waals surface area contributed by atoms with E-state index in [9.17, 15) is 9.59 Å². The Morgan fingerprint density at radius 2 is 1.87 bits per heavy atom. The third-order valence-corrected chi connectivity index (χ3v) is 6.11. The van der Waals surface area contributed by atoms with Crippen molar-refractivity contribution in [2.24, 2.45) is 0 Å². The quantitative estimate of drug-likeness (QED) is 0.638. The number of pyridine rings is 1. The lowest BCUT2D eigenvalue weighted by molar-refractivity contribution is -0.134. The fourth-order valence-corrected chi connectivity index (χ4v) is 4.39. The largest absolute Gasteiger partial charge is 0.482 e. The first-order valence-corrected chi connectivity index (χ1v) is 10.8. The number of thiophene rings is 1. The van der Waals surface area contributed by atoms with Crippen LogP contribution in [0, 0.1) is 0 Å². The lowest BCUT2D eigenvalue weighted by atomic mass is 10.1.